The molecule has 3 aromatic rings. The first-order valence-electron chi connectivity index (χ1n) is 13.1. The van der Waals surface area contributed by atoms with Crippen molar-refractivity contribution in [3.05, 3.63) is 59.7 Å². The highest BCUT2D eigenvalue weighted by atomic mass is 16.5. The van der Waals surface area contributed by atoms with Gasteiger partial charge in [0, 0.05) is 25.8 Å². The number of hydrogen-bond acceptors (Lipinski definition) is 5. The Labute approximate surface area is 213 Å². The van der Waals surface area contributed by atoms with Crippen LogP contribution in [0.15, 0.2) is 48.5 Å². The molecule has 0 radical (unpaired) electrons. The van der Waals surface area contributed by atoms with Gasteiger partial charge < -0.3 is 15.0 Å². The largest absolute Gasteiger partial charge is 0.382 e. The zero-order valence-corrected chi connectivity index (χ0v) is 21.4. The number of para-hydroxylation sites is 1. The lowest BCUT2D eigenvalue weighted by molar-refractivity contribution is -0.142. The summed E-state index contributed by atoms with van der Waals surface area (Å²) >= 11 is 0. The van der Waals surface area contributed by atoms with E-state index >= 15 is 0 Å². The van der Waals surface area contributed by atoms with Crippen LogP contribution in [0.5, 0.6) is 0 Å². The first-order valence-corrected chi connectivity index (χ1v) is 13.1. The molecule has 1 N–H and O–H groups in total. The van der Waals surface area contributed by atoms with Crippen molar-refractivity contribution in [1.29, 1.82) is 0 Å². The van der Waals surface area contributed by atoms with Gasteiger partial charge in [-0.15, -0.1) is 5.10 Å². The number of aryl methyl sites for hydroxylation is 1. The number of nitrogens with one attached hydrogen (secondary N) is 1. The highest BCUT2D eigenvalue weighted by Gasteiger charge is 2.33. The molecule has 192 valence electrons. The maximum absolute atomic E-state index is 13.8. The van der Waals surface area contributed by atoms with E-state index in [2.05, 4.69) is 22.6 Å². The number of amides is 2. The van der Waals surface area contributed by atoms with Gasteiger partial charge in [-0.2, -0.15) is 0 Å². The molecule has 8 nitrogen and oxygen atoms in total. The number of ether oxygens (including phenoxy) is 1. The topological polar surface area (TPSA) is 89.3 Å². The Bertz CT molecular complexity index is 1140. The van der Waals surface area contributed by atoms with E-state index < -0.39 is 6.04 Å². The van der Waals surface area contributed by atoms with Gasteiger partial charge in [0.1, 0.15) is 18.1 Å². The van der Waals surface area contributed by atoms with Crippen molar-refractivity contribution >= 4 is 22.8 Å². The SMILES string of the molecule is CCOCCCN(C(=O)Cn1nnc2ccccc21)[C@H](C(=O)NC1CCCC1)c1ccc(CC)cc1. The summed E-state index contributed by atoms with van der Waals surface area (Å²) in [6.45, 7) is 5.61. The number of nitrogens with zero attached hydrogens (tertiary/aromatic N) is 4. The van der Waals surface area contributed by atoms with Crippen molar-refractivity contribution in [2.24, 2.45) is 0 Å². The summed E-state index contributed by atoms with van der Waals surface area (Å²) in [5.41, 5.74) is 3.53. The molecule has 8 heteroatoms. The summed E-state index contributed by atoms with van der Waals surface area (Å²) in [6.07, 6.45) is 5.76. The van der Waals surface area contributed by atoms with Crippen LogP contribution >= 0.6 is 0 Å². The second-order valence-electron chi connectivity index (χ2n) is 9.36. The molecule has 1 aliphatic rings. The smallest absolute Gasteiger partial charge is 0.247 e. The molecular formula is C28H37N5O3. The van der Waals surface area contributed by atoms with E-state index in [1.165, 1.54) is 5.56 Å². The fourth-order valence-electron chi connectivity index (χ4n) is 4.89. The summed E-state index contributed by atoms with van der Waals surface area (Å²) in [6, 6.07) is 15.0. The molecule has 0 spiro atoms. The number of benzene rings is 2. The van der Waals surface area contributed by atoms with Crippen LogP contribution in [-0.2, 0) is 27.3 Å². The van der Waals surface area contributed by atoms with Crippen LogP contribution in [0.1, 0.15) is 63.1 Å². The number of carbonyl (C=O) groups is 2. The highest BCUT2D eigenvalue weighted by Crippen LogP contribution is 2.26. The minimum atomic E-state index is -0.722. The maximum atomic E-state index is 13.8. The van der Waals surface area contributed by atoms with Crippen LogP contribution in [0, 0.1) is 0 Å². The molecule has 2 amide bonds. The van der Waals surface area contributed by atoms with E-state index in [-0.39, 0.29) is 24.4 Å². The monoisotopic (exact) mass is 491 g/mol. The predicted molar refractivity (Wildman–Crippen MR) is 139 cm³/mol. The first kappa shape index (κ1) is 25.8. The van der Waals surface area contributed by atoms with Crippen LogP contribution in [0.3, 0.4) is 0 Å². The van der Waals surface area contributed by atoms with E-state index in [4.69, 9.17) is 4.74 Å². The second kappa shape index (κ2) is 12.6. The molecule has 1 atom stereocenters. The summed E-state index contributed by atoms with van der Waals surface area (Å²) in [4.78, 5) is 29.2. The average molecular weight is 492 g/mol. The molecule has 1 saturated carbocycles. The Hall–Kier alpha value is -3.26. The van der Waals surface area contributed by atoms with Gasteiger partial charge in [-0.25, -0.2) is 4.68 Å². The standard InChI is InChI=1S/C28H37N5O3/c1-3-21-14-16-22(17-15-21)27(28(35)29-23-10-5-6-11-23)32(18-9-19-36-4-2)26(34)20-33-25-13-8-7-12-24(25)30-31-33/h7-8,12-17,23,27H,3-6,9-11,18-20H2,1-2H3,(H,29,35)/t27-/m0/s1. The molecular weight excluding hydrogens is 454 g/mol. The molecule has 1 fully saturated rings. The van der Waals surface area contributed by atoms with E-state index in [1.807, 2.05) is 55.5 Å². The fraction of sp³-hybridized carbons (Fsp3) is 0.500. The highest BCUT2D eigenvalue weighted by molar-refractivity contribution is 5.89. The third kappa shape index (κ3) is 6.29. The van der Waals surface area contributed by atoms with Gasteiger partial charge in [0.15, 0.2) is 0 Å². The third-order valence-electron chi connectivity index (χ3n) is 6.88. The lowest BCUT2D eigenvalue weighted by Crippen LogP contribution is -2.47. The Kier molecular flexibility index (Phi) is 9.06. The van der Waals surface area contributed by atoms with E-state index in [1.54, 1.807) is 9.58 Å². The van der Waals surface area contributed by atoms with Gasteiger partial charge in [-0.05, 0) is 55.9 Å². The van der Waals surface area contributed by atoms with E-state index in [9.17, 15) is 9.59 Å². The molecule has 1 aliphatic carbocycles. The van der Waals surface area contributed by atoms with Gasteiger partial charge in [0.05, 0.1) is 5.52 Å². The molecule has 1 heterocycles. The Morgan fingerprint density at radius 3 is 2.58 bits per heavy atom. The summed E-state index contributed by atoms with van der Waals surface area (Å²) < 4.78 is 7.16. The normalized spacial score (nSPS) is 14.7. The number of carbonyl (C=O) groups excluding carboxylic acids is 2. The van der Waals surface area contributed by atoms with Crippen LogP contribution in [-0.4, -0.2) is 57.5 Å². The van der Waals surface area contributed by atoms with Crippen molar-refractivity contribution in [3.63, 3.8) is 0 Å². The first-order chi connectivity index (χ1) is 17.6. The molecule has 0 bridgehead atoms. The molecule has 2 aromatic carbocycles. The lowest BCUT2D eigenvalue weighted by Gasteiger charge is -2.32. The van der Waals surface area contributed by atoms with Crippen molar-refractivity contribution in [2.75, 3.05) is 19.8 Å². The van der Waals surface area contributed by atoms with Crippen molar-refractivity contribution in [2.45, 2.75) is 71.0 Å². The number of rotatable bonds is 12. The van der Waals surface area contributed by atoms with Crippen molar-refractivity contribution in [3.8, 4) is 0 Å². The maximum Gasteiger partial charge on any atom is 0.247 e. The second-order valence-corrected chi connectivity index (χ2v) is 9.36. The Morgan fingerprint density at radius 1 is 1.11 bits per heavy atom. The molecule has 0 unspecified atom stereocenters. The zero-order valence-electron chi connectivity index (χ0n) is 21.4. The van der Waals surface area contributed by atoms with Crippen LogP contribution < -0.4 is 5.32 Å². The molecule has 0 aliphatic heterocycles. The molecule has 0 saturated heterocycles. The number of fused-ring (bicyclic) bond motifs is 1. The number of aromatic nitrogens is 3. The van der Waals surface area contributed by atoms with Crippen LogP contribution in [0.2, 0.25) is 0 Å². The quantitative estimate of drug-likeness (QED) is 0.386. The number of hydrogen-bond donors (Lipinski definition) is 1. The molecule has 36 heavy (non-hydrogen) atoms. The summed E-state index contributed by atoms with van der Waals surface area (Å²) in [5.74, 6) is -0.298. The predicted octanol–water partition coefficient (Wildman–Crippen LogP) is 4.05. The minimum Gasteiger partial charge on any atom is -0.382 e. The minimum absolute atomic E-state index is 0.00933. The van der Waals surface area contributed by atoms with Crippen LogP contribution in [0.4, 0.5) is 0 Å². The summed E-state index contributed by atoms with van der Waals surface area (Å²) in [7, 11) is 0. The van der Waals surface area contributed by atoms with Gasteiger partial charge >= 0.3 is 0 Å². The Morgan fingerprint density at radius 2 is 1.86 bits per heavy atom. The molecule has 1 aromatic heterocycles. The summed E-state index contributed by atoms with van der Waals surface area (Å²) in [5, 5.41) is 11.6. The lowest BCUT2D eigenvalue weighted by atomic mass is 10.0. The molecule has 4 rings (SSSR count). The average Bonchev–Trinajstić information content (AvgIpc) is 3.56. The van der Waals surface area contributed by atoms with Gasteiger partial charge in [-0.3, -0.25) is 9.59 Å². The van der Waals surface area contributed by atoms with Gasteiger partial charge in [0.2, 0.25) is 11.8 Å². The van der Waals surface area contributed by atoms with Crippen molar-refractivity contribution < 1.29 is 14.3 Å². The van der Waals surface area contributed by atoms with E-state index in [0.29, 0.717) is 26.2 Å². The zero-order chi connectivity index (χ0) is 25.3. The fourth-order valence-corrected chi connectivity index (χ4v) is 4.89. The van der Waals surface area contributed by atoms with E-state index in [0.717, 1.165) is 48.7 Å². The van der Waals surface area contributed by atoms with Gasteiger partial charge in [0.25, 0.3) is 0 Å². The van der Waals surface area contributed by atoms with Gasteiger partial charge in [-0.1, -0.05) is 61.4 Å². The van der Waals surface area contributed by atoms with Crippen molar-refractivity contribution in [1.82, 2.24) is 25.2 Å². The van der Waals surface area contributed by atoms with Crippen LogP contribution in [0.25, 0.3) is 11.0 Å². The Balaban J connectivity index is 1.64. The third-order valence-corrected chi connectivity index (χ3v) is 6.88.